The fraction of sp³-hybridized carbons (Fsp3) is 0.250. The van der Waals surface area contributed by atoms with E-state index in [1.54, 1.807) is 10.9 Å². The average Bonchev–Trinajstić information content (AvgIpc) is 3.11. The minimum absolute atomic E-state index is 0.0429. The van der Waals surface area contributed by atoms with Gasteiger partial charge in [-0.3, -0.25) is 4.79 Å². The molecule has 1 aliphatic heterocycles. The Labute approximate surface area is 160 Å². The molecule has 2 aromatic carbocycles. The molecule has 1 aromatic heterocycles. The molecule has 144 valence electrons. The second kappa shape index (κ2) is 6.95. The number of carboxylic acid groups (broad SMARTS) is 1. The standard InChI is InChI=1S/C20H19FN4O3/c21-15-8-14-11-25(23-18(14)17(9-15)19(22)26)16-5-3-12(4-6-16)13-2-1-7-24(10-13)20(27)28/h3-6,8-9,11,13H,1-2,7,10H2,(H2,22,26)(H,27,28). The van der Waals surface area contributed by atoms with Gasteiger partial charge in [0.25, 0.3) is 5.91 Å². The Kier molecular flexibility index (Phi) is 4.46. The van der Waals surface area contributed by atoms with E-state index in [2.05, 4.69) is 5.10 Å². The Morgan fingerprint density at radius 1 is 1.21 bits per heavy atom. The second-order valence-corrected chi connectivity index (χ2v) is 6.99. The lowest BCUT2D eigenvalue weighted by atomic mass is 9.91. The molecule has 1 fully saturated rings. The summed E-state index contributed by atoms with van der Waals surface area (Å²) in [4.78, 5) is 24.2. The molecule has 1 unspecified atom stereocenters. The molecule has 3 N–H and O–H groups in total. The van der Waals surface area contributed by atoms with Crippen molar-refractivity contribution in [2.75, 3.05) is 13.1 Å². The van der Waals surface area contributed by atoms with Crippen LogP contribution in [0.4, 0.5) is 9.18 Å². The van der Waals surface area contributed by atoms with Crippen LogP contribution in [0.5, 0.6) is 0 Å². The highest BCUT2D eigenvalue weighted by molar-refractivity contribution is 6.04. The molecule has 3 aromatic rings. The zero-order valence-electron chi connectivity index (χ0n) is 15.0. The lowest BCUT2D eigenvalue weighted by molar-refractivity contribution is 0.100. The molecular formula is C20H19FN4O3. The predicted molar refractivity (Wildman–Crippen MR) is 101 cm³/mol. The highest BCUT2D eigenvalue weighted by Crippen LogP contribution is 2.28. The zero-order valence-corrected chi connectivity index (χ0v) is 15.0. The summed E-state index contributed by atoms with van der Waals surface area (Å²) < 4.78 is 15.3. The fourth-order valence-electron chi connectivity index (χ4n) is 3.74. The topological polar surface area (TPSA) is 101 Å². The number of aromatic nitrogens is 2. The first-order valence-electron chi connectivity index (χ1n) is 8.99. The van der Waals surface area contributed by atoms with E-state index in [9.17, 15) is 19.1 Å². The van der Waals surface area contributed by atoms with E-state index in [1.165, 1.54) is 11.0 Å². The lowest BCUT2D eigenvalue weighted by Gasteiger charge is -2.31. The molecular weight excluding hydrogens is 363 g/mol. The number of primary amides is 1. The summed E-state index contributed by atoms with van der Waals surface area (Å²) in [5.41, 5.74) is 7.54. The maximum Gasteiger partial charge on any atom is 0.407 e. The van der Waals surface area contributed by atoms with Gasteiger partial charge in [-0.05, 0) is 42.7 Å². The van der Waals surface area contributed by atoms with Crippen molar-refractivity contribution >= 4 is 22.9 Å². The number of likely N-dealkylation sites (tertiary alicyclic amines) is 1. The molecule has 0 bridgehead atoms. The van der Waals surface area contributed by atoms with Crippen LogP contribution in [0.2, 0.25) is 0 Å². The number of benzene rings is 2. The lowest BCUT2D eigenvalue weighted by Crippen LogP contribution is -2.38. The maximum absolute atomic E-state index is 13.7. The van der Waals surface area contributed by atoms with E-state index < -0.39 is 17.8 Å². The van der Waals surface area contributed by atoms with Crippen LogP contribution in [0.3, 0.4) is 0 Å². The van der Waals surface area contributed by atoms with Gasteiger partial charge in [0.05, 0.1) is 11.3 Å². The van der Waals surface area contributed by atoms with Crippen molar-refractivity contribution in [1.82, 2.24) is 14.7 Å². The van der Waals surface area contributed by atoms with Crippen LogP contribution in [-0.4, -0.2) is 44.9 Å². The van der Waals surface area contributed by atoms with Crippen LogP contribution < -0.4 is 5.73 Å². The number of amides is 2. The van der Waals surface area contributed by atoms with Gasteiger partial charge in [-0.15, -0.1) is 0 Å². The van der Waals surface area contributed by atoms with Crippen LogP contribution in [0.15, 0.2) is 42.6 Å². The molecule has 8 heteroatoms. The number of carbonyl (C=O) groups is 2. The second-order valence-electron chi connectivity index (χ2n) is 6.99. The Morgan fingerprint density at radius 2 is 1.96 bits per heavy atom. The molecule has 0 aliphatic carbocycles. The SMILES string of the molecule is NC(=O)c1cc(F)cc2cn(-c3ccc(C4CCCN(C(=O)O)C4)cc3)nc12. The van der Waals surface area contributed by atoms with Crippen molar-refractivity contribution in [3.05, 3.63) is 59.5 Å². The Hall–Kier alpha value is -3.42. The van der Waals surface area contributed by atoms with Crippen molar-refractivity contribution < 1.29 is 19.1 Å². The van der Waals surface area contributed by atoms with Gasteiger partial charge in [0.15, 0.2) is 0 Å². The minimum Gasteiger partial charge on any atom is -0.465 e. The van der Waals surface area contributed by atoms with Gasteiger partial charge < -0.3 is 15.7 Å². The first kappa shape index (κ1) is 18.0. The molecule has 2 amide bonds. The third kappa shape index (κ3) is 3.28. The van der Waals surface area contributed by atoms with Gasteiger partial charge in [0.2, 0.25) is 0 Å². The number of nitrogens with zero attached hydrogens (tertiary/aromatic N) is 3. The van der Waals surface area contributed by atoms with Crippen LogP contribution in [0.25, 0.3) is 16.6 Å². The monoisotopic (exact) mass is 382 g/mol. The van der Waals surface area contributed by atoms with Gasteiger partial charge >= 0.3 is 6.09 Å². The number of nitrogens with two attached hydrogens (primary N) is 1. The number of carbonyl (C=O) groups excluding carboxylic acids is 1. The van der Waals surface area contributed by atoms with Gasteiger partial charge in [-0.2, -0.15) is 5.10 Å². The Morgan fingerprint density at radius 3 is 2.64 bits per heavy atom. The number of fused-ring (bicyclic) bond motifs is 1. The van der Waals surface area contributed by atoms with E-state index in [1.807, 2.05) is 24.3 Å². The summed E-state index contributed by atoms with van der Waals surface area (Å²) in [6.45, 7) is 1.06. The fourth-order valence-corrected chi connectivity index (χ4v) is 3.74. The van der Waals surface area contributed by atoms with Crippen LogP contribution >= 0.6 is 0 Å². The third-order valence-electron chi connectivity index (χ3n) is 5.16. The summed E-state index contributed by atoms with van der Waals surface area (Å²) in [6, 6.07) is 10.0. The van der Waals surface area contributed by atoms with Crippen molar-refractivity contribution in [2.24, 2.45) is 5.73 Å². The number of hydrogen-bond acceptors (Lipinski definition) is 3. The molecule has 0 saturated carbocycles. The number of rotatable bonds is 3. The molecule has 4 rings (SSSR count). The quantitative estimate of drug-likeness (QED) is 0.727. The first-order chi connectivity index (χ1) is 13.4. The molecule has 0 spiro atoms. The molecule has 0 radical (unpaired) electrons. The smallest absolute Gasteiger partial charge is 0.407 e. The molecule has 7 nitrogen and oxygen atoms in total. The van der Waals surface area contributed by atoms with Crippen LogP contribution in [0, 0.1) is 5.82 Å². The van der Waals surface area contributed by atoms with E-state index in [-0.39, 0.29) is 11.5 Å². The van der Waals surface area contributed by atoms with Crippen LogP contribution in [0.1, 0.15) is 34.7 Å². The molecule has 28 heavy (non-hydrogen) atoms. The van der Waals surface area contributed by atoms with Crippen molar-refractivity contribution in [3.63, 3.8) is 0 Å². The predicted octanol–water partition coefficient (Wildman–Crippen LogP) is 3.12. The summed E-state index contributed by atoms with van der Waals surface area (Å²) >= 11 is 0. The summed E-state index contributed by atoms with van der Waals surface area (Å²) in [6.07, 6.45) is 2.54. The molecule has 1 aliphatic rings. The van der Waals surface area contributed by atoms with E-state index in [4.69, 9.17) is 5.73 Å². The highest BCUT2D eigenvalue weighted by atomic mass is 19.1. The van der Waals surface area contributed by atoms with Gasteiger partial charge in [0, 0.05) is 30.6 Å². The zero-order chi connectivity index (χ0) is 19.8. The van der Waals surface area contributed by atoms with Gasteiger partial charge in [0.1, 0.15) is 11.3 Å². The molecule has 1 atom stereocenters. The number of hydrogen-bond donors (Lipinski definition) is 2. The Bertz CT molecular complexity index is 1060. The number of halogens is 1. The summed E-state index contributed by atoms with van der Waals surface area (Å²) in [5.74, 6) is -1.12. The highest BCUT2D eigenvalue weighted by Gasteiger charge is 2.24. The Balaban J connectivity index is 1.63. The third-order valence-corrected chi connectivity index (χ3v) is 5.16. The maximum atomic E-state index is 13.7. The van der Waals surface area contributed by atoms with E-state index >= 15 is 0 Å². The number of piperidine rings is 1. The minimum atomic E-state index is -0.887. The van der Waals surface area contributed by atoms with Gasteiger partial charge in [-0.1, -0.05) is 12.1 Å². The first-order valence-corrected chi connectivity index (χ1v) is 8.99. The molecule has 2 heterocycles. The van der Waals surface area contributed by atoms with Gasteiger partial charge in [-0.25, -0.2) is 13.9 Å². The largest absolute Gasteiger partial charge is 0.465 e. The molecule has 1 saturated heterocycles. The van der Waals surface area contributed by atoms with E-state index in [0.717, 1.165) is 30.2 Å². The summed E-state index contributed by atoms with van der Waals surface area (Å²) in [5, 5.41) is 14.1. The van der Waals surface area contributed by atoms with Crippen LogP contribution in [-0.2, 0) is 0 Å². The van der Waals surface area contributed by atoms with Crippen molar-refractivity contribution in [1.29, 1.82) is 0 Å². The van der Waals surface area contributed by atoms with Crippen molar-refractivity contribution in [2.45, 2.75) is 18.8 Å². The normalized spacial score (nSPS) is 17.0. The van der Waals surface area contributed by atoms with E-state index in [0.29, 0.717) is 24.0 Å². The summed E-state index contributed by atoms with van der Waals surface area (Å²) in [7, 11) is 0. The average molecular weight is 382 g/mol. The van der Waals surface area contributed by atoms with Crippen molar-refractivity contribution in [3.8, 4) is 5.69 Å².